The van der Waals surface area contributed by atoms with Crippen molar-refractivity contribution in [3.8, 4) is 33.8 Å². The molecule has 0 amide bonds. The molecular formula is C23H20N2O. The summed E-state index contributed by atoms with van der Waals surface area (Å²) in [6.07, 6.45) is 0. The third-order valence-corrected chi connectivity index (χ3v) is 4.49. The molecule has 128 valence electrons. The number of rotatable bonds is 4. The van der Waals surface area contributed by atoms with Crippen LogP contribution in [0.5, 0.6) is 5.75 Å². The molecule has 0 radical (unpaired) electrons. The number of hydrogen-bond acceptors (Lipinski definition) is 2. The van der Waals surface area contributed by atoms with Crippen molar-refractivity contribution in [2.45, 2.75) is 6.92 Å². The summed E-state index contributed by atoms with van der Waals surface area (Å²) in [6.45, 7) is 2.06. The SMILES string of the molecule is COc1ccc(-c2c(-c3ccccc3)c(C)nn2-c2ccccc2)cc1. The van der Waals surface area contributed by atoms with Gasteiger partial charge in [0.25, 0.3) is 0 Å². The van der Waals surface area contributed by atoms with Gasteiger partial charge in [-0.3, -0.25) is 0 Å². The topological polar surface area (TPSA) is 27.1 Å². The van der Waals surface area contributed by atoms with Gasteiger partial charge < -0.3 is 4.74 Å². The summed E-state index contributed by atoms with van der Waals surface area (Å²) < 4.78 is 7.34. The maximum atomic E-state index is 5.32. The average molecular weight is 340 g/mol. The van der Waals surface area contributed by atoms with Crippen molar-refractivity contribution in [2.75, 3.05) is 7.11 Å². The van der Waals surface area contributed by atoms with E-state index in [0.717, 1.165) is 39.5 Å². The van der Waals surface area contributed by atoms with E-state index in [1.807, 2.05) is 41.1 Å². The Morgan fingerprint density at radius 3 is 1.96 bits per heavy atom. The van der Waals surface area contributed by atoms with E-state index in [-0.39, 0.29) is 0 Å². The molecule has 0 saturated heterocycles. The summed E-state index contributed by atoms with van der Waals surface area (Å²) in [4.78, 5) is 0. The highest BCUT2D eigenvalue weighted by Gasteiger charge is 2.19. The van der Waals surface area contributed by atoms with E-state index < -0.39 is 0 Å². The van der Waals surface area contributed by atoms with Crippen LogP contribution in [-0.2, 0) is 0 Å². The van der Waals surface area contributed by atoms with Crippen molar-refractivity contribution in [2.24, 2.45) is 0 Å². The molecule has 0 aliphatic heterocycles. The molecule has 0 saturated carbocycles. The predicted octanol–water partition coefficient (Wildman–Crippen LogP) is 5.52. The monoisotopic (exact) mass is 340 g/mol. The zero-order chi connectivity index (χ0) is 17.9. The van der Waals surface area contributed by atoms with Crippen molar-refractivity contribution < 1.29 is 4.74 Å². The molecule has 0 fully saturated rings. The number of hydrogen-bond donors (Lipinski definition) is 0. The highest BCUT2D eigenvalue weighted by molar-refractivity contribution is 5.84. The molecule has 3 heteroatoms. The van der Waals surface area contributed by atoms with Gasteiger partial charge in [-0.1, -0.05) is 48.5 Å². The van der Waals surface area contributed by atoms with Crippen LogP contribution in [0, 0.1) is 6.92 Å². The highest BCUT2D eigenvalue weighted by Crippen LogP contribution is 2.37. The second-order valence-corrected chi connectivity index (χ2v) is 6.15. The number of benzene rings is 3. The van der Waals surface area contributed by atoms with Crippen LogP contribution in [0.4, 0.5) is 0 Å². The van der Waals surface area contributed by atoms with Crippen molar-refractivity contribution in [3.63, 3.8) is 0 Å². The second-order valence-electron chi connectivity index (χ2n) is 6.15. The van der Waals surface area contributed by atoms with Crippen molar-refractivity contribution in [1.82, 2.24) is 9.78 Å². The van der Waals surface area contributed by atoms with Gasteiger partial charge in [0.2, 0.25) is 0 Å². The lowest BCUT2D eigenvalue weighted by atomic mass is 9.99. The Balaban J connectivity index is 1.99. The smallest absolute Gasteiger partial charge is 0.118 e. The molecule has 4 aromatic rings. The molecule has 0 bridgehead atoms. The second kappa shape index (κ2) is 6.89. The largest absolute Gasteiger partial charge is 0.497 e. The lowest BCUT2D eigenvalue weighted by Gasteiger charge is -2.11. The first-order chi connectivity index (χ1) is 12.8. The third-order valence-electron chi connectivity index (χ3n) is 4.49. The van der Waals surface area contributed by atoms with Gasteiger partial charge >= 0.3 is 0 Å². The van der Waals surface area contributed by atoms with Crippen molar-refractivity contribution in [1.29, 1.82) is 0 Å². The van der Waals surface area contributed by atoms with Crippen LogP contribution in [0.3, 0.4) is 0 Å². The Morgan fingerprint density at radius 2 is 1.35 bits per heavy atom. The quantitative estimate of drug-likeness (QED) is 0.489. The predicted molar refractivity (Wildman–Crippen MR) is 106 cm³/mol. The summed E-state index contributed by atoms with van der Waals surface area (Å²) in [6, 6.07) is 28.8. The maximum Gasteiger partial charge on any atom is 0.118 e. The summed E-state index contributed by atoms with van der Waals surface area (Å²) >= 11 is 0. The number of aryl methyl sites for hydroxylation is 1. The first-order valence-corrected chi connectivity index (χ1v) is 8.63. The zero-order valence-electron chi connectivity index (χ0n) is 14.9. The lowest BCUT2D eigenvalue weighted by molar-refractivity contribution is 0.415. The Kier molecular flexibility index (Phi) is 4.28. The van der Waals surface area contributed by atoms with Gasteiger partial charge in [0.15, 0.2) is 0 Å². The summed E-state index contributed by atoms with van der Waals surface area (Å²) in [5, 5.41) is 4.86. The van der Waals surface area contributed by atoms with Crippen LogP contribution in [0.25, 0.3) is 28.1 Å². The maximum absolute atomic E-state index is 5.32. The van der Waals surface area contributed by atoms with E-state index in [1.165, 1.54) is 0 Å². The van der Waals surface area contributed by atoms with Gasteiger partial charge in [-0.25, -0.2) is 4.68 Å². The fraction of sp³-hybridized carbons (Fsp3) is 0.0870. The Labute approximate surface area is 153 Å². The van der Waals surface area contributed by atoms with E-state index in [9.17, 15) is 0 Å². The van der Waals surface area contributed by atoms with Gasteiger partial charge in [-0.2, -0.15) is 5.10 Å². The van der Waals surface area contributed by atoms with Crippen LogP contribution in [0.15, 0.2) is 84.9 Å². The molecule has 0 aliphatic rings. The first-order valence-electron chi connectivity index (χ1n) is 8.63. The number of para-hydroxylation sites is 1. The minimum atomic E-state index is 0.845. The normalized spacial score (nSPS) is 10.7. The van der Waals surface area contributed by atoms with Gasteiger partial charge in [-0.15, -0.1) is 0 Å². The molecular weight excluding hydrogens is 320 g/mol. The van der Waals surface area contributed by atoms with Crippen molar-refractivity contribution >= 4 is 0 Å². The molecule has 0 unspecified atom stereocenters. The van der Waals surface area contributed by atoms with Crippen LogP contribution >= 0.6 is 0 Å². The van der Waals surface area contributed by atoms with Crippen LogP contribution < -0.4 is 4.74 Å². The van der Waals surface area contributed by atoms with Gasteiger partial charge in [0, 0.05) is 11.1 Å². The molecule has 0 aliphatic carbocycles. The number of ether oxygens (including phenoxy) is 1. The standard InChI is InChI=1S/C23H20N2O/c1-17-22(18-9-5-3-6-10-18)23(19-13-15-21(26-2)16-14-19)25(24-17)20-11-7-4-8-12-20/h3-16H,1-2H3. The van der Waals surface area contributed by atoms with Crippen LogP contribution in [0.1, 0.15) is 5.69 Å². The minimum Gasteiger partial charge on any atom is -0.497 e. The van der Waals surface area contributed by atoms with Crippen molar-refractivity contribution in [3.05, 3.63) is 90.6 Å². The molecule has 1 aromatic heterocycles. The highest BCUT2D eigenvalue weighted by atomic mass is 16.5. The molecule has 3 nitrogen and oxygen atoms in total. The lowest BCUT2D eigenvalue weighted by Crippen LogP contribution is -1.99. The molecule has 0 atom stereocenters. The zero-order valence-corrected chi connectivity index (χ0v) is 14.9. The molecule has 3 aromatic carbocycles. The number of nitrogens with zero attached hydrogens (tertiary/aromatic N) is 2. The fourth-order valence-corrected chi connectivity index (χ4v) is 3.25. The Hall–Kier alpha value is -3.33. The van der Waals surface area contributed by atoms with Crippen LogP contribution in [-0.4, -0.2) is 16.9 Å². The summed E-state index contributed by atoms with van der Waals surface area (Å²) in [5.41, 5.74) is 6.56. The molecule has 26 heavy (non-hydrogen) atoms. The molecule has 4 rings (SSSR count). The third kappa shape index (κ3) is 2.88. The van der Waals surface area contributed by atoms with E-state index in [0.29, 0.717) is 0 Å². The van der Waals surface area contributed by atoms with Crippen LogP contribution in [0.2, 0.25) is 0 Å². The van der Waals surface area contributed by atoms with Gasteiger partial charge in [0.05, 0.1) is 24.2 Å². The Bertz CT molecular complexity index is 1000. The van der Waals surface area contributed by atoms with E-state index in [2.05, 4.69) is 55.5 Å². The number of methoxy groups -OCH3 is 1. The first kappa shape index (κ1) is 16.2. The Morgan fingerprint density at radius 1 is 0.731 bits per heavy atom. The molecule has 0 spiro atoms. The average Bonchev–Trinajstić information content (AvgIpc) is 3.06. The number of aromatic nitrogens is 2. The minimum absolute atomic E-state index is 0.845. The van der Waals surface area contributed by atoms with Gasteiger partial charge in [0.1, 0.15) is 5.75 Å². The van der Waals surface area contributed by atoms with E-state index in [1.54, 1.807) is 7.11 Å². The summed E-state index contributed by atoms with van der Waals surface area (Å²) in [7, 11) is 1.68. The van der Waals surface area contributed by atoms with Gasteiger partial charge in [-0.05, 0) is 48.9 Å². The summed E-state index contributed by atoms with van der Waals surface area (Å²) in [5.74, 6) is 0.845. The van der Waals surface area contributed by atoms with E-state index in [4.69, 9.17) is 9.84 Å². The van der Waals surface area contributed by atoms with E-state index >= 15 is 0 Å². The fourth-order valence-electron chi connectivity index (χ4n) is 3.25. The molecule has 0 N–H and O–H groups in total. The molecule has 1 heterocycles.